The average molecular weight is 329 g/mol. The van der Waals surface area contributed by atoms with Crippen molar-refractivity contribution in [2.24, 2.45) is 0 Å². The van der Waals surface area contributed by atoms with Crippen molar-refractivity contribution in [3.63, 3.8) is 0 Å². The molecule has 0 radical (unpaired) electrons. The molecule has 7 nitrogen and oxygen atoms in total. The number of carbonyl (C=O) groups is 1. The Labute approximate surface area is 135 Å². The molecule has 0 spiro atoms. The zero-order valence-electron chi connectivity index (χ0n) is 12.4. The number of carbonyl (C=O) groups excluding carboxylic acids is 1. The summed E-state index contributed by atoms with van der Waals surface area (Å²) in [6.07, 6.45) is 0. The predicted octanol–water partition coefficient (Wildman–Crippen LogP) is 2.16. The second-order valence-corrected chi connectivity index (χ2v) is 5.31. The van der Waals surface area contributed by atoms with Gasteiger partial charge in [0, 0.05) is 23.2 Å². The van der Waals surface area contributed by atoms with Gasteiger partial charge in [-0.25, -0.2) is 9.02 Å². The van der Waals surface area contributed by atoms with Crippen LogP contribution < -0.4 is 10.1 Å². The Morgan fingerprint density at radius 1 is 1.21 bits per heavy atom. The molecule has 1 aliphatic heterocycles. The molecule has 0 atom stereocenters. The Bertz CT molecular complexity index is 925. The second-order valence-electron chi connectivity index (χ2n) is 5.31. The van der Waals surface area contributed by atoms with E-state index in [9.17, 15) is 9.18 Å². The van der Waals surface area contributed by atoms with Crippen molar-refractivity contribution in [3.8, 4) is 5.75 Å². The van der Waals surface area contributed by atoms with Crippen molar-refractivity contribution in [1.82, 2.24) is 15.6 Å². The lowest BCUT2D eigenvalue weighted by molar-refractivity contribution is -0.0173. The highest BCUT2D eigenvalue weighted by atomic mass is 19.1. The van der Waals surface area contributed by atoms with Crippen LogP contribution in [0.2, 0.25) is 0 Å². The quantitative estimate of drug-likeness (QED) is 0.792. The number of halogens is 1. The minimum Gasteiger partial charge on any atom is -0.467 e. The van der Waals surface area contributed by atoms with Crippen LogP contribution in [0.5, 0.6) is 5.75 Å². The molecule has 0 saturated carbocycles. The van der Waals surface area contributed by atoms with Gasteiger partial charge in [0.1, 0.15) is 22.6 Å². The van der Waals surface area contributed by atoms with Crippen LogP contribution in [-0.2, 0) is 17.9 Å². The van der Waals surface area contributed by atoms with Crippen LogP contribution in [0.1, 0.15) is 21.5 Å². The lowest BCUT2D eigenvalue weighted by Crippen LogP contribution is -2.24. The third-order valence-corrected chi connectivity index (χ3v) is 3.71. The van der Waals surface area contributed by atoms with E-state index in [1.165, 1.54) is 12.1 Å². The summed E-state index contributed by atoms with van der Waals surface area (Å²) in [7, 11) is 0. The standard InChI is InChI=1S/C16H12FN3O4/c17-12-3-10(15-11(4-12)7-22-8-23-15)6-18-16(21)9-1-2-13-14(5-9)20-24-19-13/h1-5H,6-8H2,(H,18,21). The third kappa shape index (κ3) is 2.67. The number of hydrogen-bond acceptors (Lipinski definition) is 6. The SMILES string of the molecule is O=C(NCc1cc(F)cc2c1OCOC2)c1ccc2nonc2c1. The fraction of sp³-hybridized carbons (Fsp3) is 0.188. The summed E-state index contributed by atoms with van der Waals surface area (Å²) in [4.78, 5) is 12.3. The molecule has 2 aromatic carbocycles. The number of amides is 1. The zero-order chi connectivity index (χ0) is 16.5. The molecule has 0 unspecified atom stereocenters. The fourth-order valence-corrected chi connectivity index (χ4v) is 2.59. The van der Waals surface area contributed by atoms with Crippen LogP contribution in [0.3, 0.4) is 0 Å². The fourth-order valence-electron chi connectivity index (χ4n) is 2.59. The topological polar surface area (TPSA) is 86.5 Å². The van der Waals surface area contributed by atoms with E-state index in [0.29, 0.717) is 33.5 Å². The Morgan fingerprint density at radius 3 is 3.00 bits per heavy atom. The zero-order valence-corrected chi connectivity index (χ0v) is 12.4. The van der Waals surface area contributed by atoms with Crippen molar-refractivity contribution >= 4 is 16.9 Å². The minimum atomic E-state index is -0.401. The van der Waals surface area contributed by atoms with Gasteiger partial charge in [-0.15, -0.1) is 0 Å². The summed E-state index contributed by atoms with van der Waals surface area (Å²) in [5.41, 5.74) is 2.66. The van der Waals surface area contributed by atoms with Crippen molar-refractivity contribution in [1.29, 1.82) is 0 Å². The molecule has 24 heavy (non-hydrogen) atoms. The van der Waals surface area contributed by atoms with Crippen molar-refractivity contribution in [2.45, 2.75) is 13.2 Å². The van der Waals surface area contributed by atoms with Gasteiger partial charge in [0.15, 0.2) is 6.79 Å². The highest BCUT2D eigenvalue weighted by Gasteiger charge is 2.18. The van der Waals surface area contributed by atoms with Crippen LogP contribution >= 0.6 is 0 Å². The third-order valence-electron chi connectivity index (χ3n) is 3.71. The highest BCUT2D eigenvalue weighted by Crippen LogP contribution is 2.29. The summed E-state index contributed by atoms with van der Waals surface area (Å²) >= 11 is 0. The maximum atomic E-state index is 13.7. The molecule has 8 heteroatoms. The van der Waals surface area contributed by atoms with Crippen LogP contribution in [0.15, 0.2) is 35.0 Å². The predicted molar refractivity (Wildman–Crippen MR) is 79.7 cm³/mol. The van der Waals surface area contributed by atoms with Gasteiger partial charge < -0.3 is 14.8 Å². The Balaban J connectivity index is 1.54. The summed E-state index contributed by atoms with van der Waals surface area (Å²) < 4.78 is 28.9. The lowest BCUT2D eigenvalue weighted by Gasteiger charge is -2.21. The number of aromatic nitrogens is 2. The first kappa shape index (κ1) is 14.6. The van der Waals surface area contributed by atoms with Crippen LogP contribution in [0, 0.1) is 5.82 Å². The molecule has 1 amide bonds. The van der Waals surface area contributed by atoms with Gasteiger partial charge in [0.2, 0.25) is 0 Å². The molecule has 122 valence electrons. The van der Waals surface area contributed by atoms with E-state index in [0.717, 1.165) is 0 Å². The molecular weight excluding hydrogens is 317 g/mol. The number of hydrogen-bond donors (Lipinski definition) is 1. The smallest absolute Gasteiger partial charge is 0.251 e. The van der Waals surface area contributed by atoms with Gasteiger partial charge in [-0.05, 0) is 40.6 Å². The van der Waals surface area contributed by atoms with Gasteiger partial charge in [0.05, 0.1) is 6.61 Å². The molecule has 1 aromatic heterocycles. The highest BCUT2D eigenvalue weighted by molar-refractivity contribution is 5.97. The average Bonchev–Trinajstić information content (AvgIpc) is 3.06. The molecule has 3 aromatic rings. The Morgan fingerprint density at radius 2 is 2.08 bits per heavy atom. The van der Waals surface area contributed by atoms with Crippen LogP contribution in [0.4, 0.5) is 4.39 Å². The van der Waals surface area contributed by atoms with E-state index in [4.69, 9.17) is 9.47 Å². The normalized spacial score (nSPS) is 13.4. The van der Waals surface area contributed by atoms with Crippen LogP contribution in [-0.4, -0.2) is 23.0 Å². The van der Waals surface area contributed by atoms with Crippen molar-refractivity contribution in [3.05, 3.63) is 52.8 Å². The largest absolute Gasteiger partial charge is 0.467 e. The molecule has 2 heterocycles. The molecule has 0 saturated heterocycles. The number of nitrogens with zero attached hydrogens (tertiary/aromatic N) is 2. The number of benzene rings is 2. The lowest BCUT2D eigenvalue weighted by atomic mass is 10.1. The maximum Gasteiger partial charge on any atom is 0.251 e. The van der Waals surface area contributed by atoms with E-state index < -0.39 is 5.82 Å². The molecule has 0 fully saturated rings. The number of nitrogens with one attached hydrogen (secondary N) is 1. The maximum absolute atomic E-state index is 13.7. The molecule has 1 aliphatic rings. The van der Waals surface area contributed by atoms with Crippen molar-refractivity contribution < 1.29 is 23.3 Å². The summed E-state index contributed by atoms with van der Waals surface area (Å²) in [6, 6.07) is 7.55. The van der Waals surface area contributed by atoms with Gasteiger partial charge in [-0.1, -0.05) is 0 Å². The summed E-state index contributed by atoms with van der Waals surface area (Å²) in [5, 5.41) is 10.1. The van der Waals surface area contributed by atoms with Gasteiger partial charge in [0.25, 0.3) is 5.91 Å². The van der Waals surface area contributed by atoms with Crippen molar-refractivity contribution in [2.75, 3.05) is 6.79 Å². The molecule has 4 rings (SSSR count). The van der Waals surface area contributed by atoms with Crippen LogP contribution in [0.25, 0.3) is 11.0 Å². The first-order chi connectivity index (χ1) is 11.7. The molecular formula is C16H12FN3O4. The van der Waals surface area contributed by atoms with E-state index in [1.54, 1.807) is 18.2 Å². The first-order valence-electron chi connectivity index (χ1n) is 7.23. The molecule has 1 N–H and O–H groups in total. The minimum absolute atomic E-state index is 0.107. The Hall–Kier alpha value is -3.00. The molecule has 0 aliphatic carbocycles. The monoisotopic (exact) mass is 329 g/mol. The van der Waals surface area contributed by atoms with E-state index in [2.05, 4.69) is 20.3 Å². The van der Waals surface area contributed by atoms with Gasteiger partial charge in [-0.3, -0.25) is 4.79 Å². The molecule has 0 bridgehead atoms. The van der Waals surface area contributed by atoms with E-state index in [1.807, 2.05) is 0 Å². The first-order valence-corrected chi connectivity index (χ1v) is 7.23. The van der Waals surface area contributed by atoms with E-state index in [-0.39, 0.29) is 25.9 Å². The number of fused-ring (bicyclic) bond motifs is 2. The Kier molecular flexibility index (Phi) is 3.58. The summed E-state index contributed by atoms with van der Waals surface area (Å²) in [5.74, 6) is -0.161. The number of rotatable bonds is 3. The van der Waals surface area contributed by atoms with E-state index >= 15 is 0 Å². The summed E-state index contributed by atoms with van der Waals surface area (Å²) in [6.45, 7) is 0.521. The van der Waals surface area contributed by atoms with Gasteiger partial charge >= 0.3 is 0 Å². The number of ether oxygens (including phenoxy) is 2. The second kappa shape index (κ2) is 5.89. The van der Waals surface area contributed by atoms with Gasteiger partial charge in [-0.2, -0.15) is 0 Å².